The van der Waals surface area contributed by atoms with E-state index in [0.717, 1.165) is 55.3 Å². The molecule has 1 aromatic carbocycles. The average Bonchev–Trinajstić information content (AvgIpc) is 2.81. The number of carbonyl (C=O) groups excluding carboxylic acids is 1. The Bertz CT molecular complexity index is 954. The third kappa shape index (κ3) is 5.14. The van der Waals surface area contributed by atoms with E-state index in [1.807, 2.05) is 48.5 Å². The Morgan fingerprint density at radius 3 is 2.50 bits per heavy atom. The van der Waals surface area contributed by atoms with Crippen molar-refractivity contribution in [2.24, 2.45) is 0 Å². The number of ether oxygens (including phenoxy) is 1. The Kier molecular flexibility index (Phi) is 6.54. The minimum atomic E-state index is -0.146. The quantitative estimate of drug-likeness (QED) is 0.637. The van der Waals surface area contributed by atoms with Gasteiger partial charge in [0.2, 0.25) is 0 Å². The molecule has 6 nitrogen and oxygen atoms in total. The Labute approximate surface area is 176 Å². The van der Waals surface area contributed by atoms with E-state index >= 15 is 0 Å². The summed E-state index contributed by atoms with van der Waals surface area (Å²) in [5.74, 6) is 1.39. The van der Waals surface area contributed by atoms with Crippen molar-refractivity contribution in [3.8, 4) is 5.75 Å². The first-order chi connectivity index (χ1) is 14.8. The third-order valence-electron chi connectivity index (χ3n) is 5.15. The number of aromatic nitrogens is 2. The van der Waals surface area contributed by atoms with E-state index in [9.17, 15) is 4.79 Å². The number of nitrogens with one attached hydrogen (secondary N) is 1. The van der Waals surface area contributed by atoms with Gasteiger partial charge in [-0.15, -0.1) is 0 Å². The second-order valence-electron chi connectivity index (χ2n) is 7.32. The summed E-state index contributed by atoms with van der Waals surface area (Å²) < 4.78 is 5.78. The third-order valence-corrected chi connectivity index (χ3v) is 5.15. The first-order valence-corrected chi connectivity index (χ1v) is 10.4. The smallest absolute Gasteiger partial charge is 0.259 e. The predicted octanol–water partition coefficient (Wildman–Crippen LogP) is 4.34. The number of hydrogen-bond donors (Lipinski definition) is 1. The van der Waals surface area contributed by atoms with Gasteiger partial charge in [-0.25, -0.2) is 4.98 Å². The molecule has 1 N–H and O–H groups in total. The Morgan fingerprint density at radius 2 is 1.73 bits per heavy atom. The van der Waals surface area contributed by atoms with Crippen LogP contribution in [0.4, 0.5) is 11.5 Å². The van der Waals surface area contributed by atoms with Gasteiger partial charge in [-0.3, -0.25) is 9.78 Å². The van der Waals surface area contributed by atoms with Crippen molar-refractivity contribution in [2.45, 2.75) is 25.7 Å². The zero-order valence-corrected chi connectivity index (χ0v) is 17.0. The highest BCUT2D eigenvalue weighted by Gasteiger charge is 2.19. The van der Waals surface area contributed by atoms with Crippen LogP contribution in [0.3, 0.4) is 0 Å². The topological polar surface area (TPSA) is 67.3 Å². The van der Waals surface area contributed by atoms with Crippen molar-refractivity contribution < 1.29 is 9.53 Å². The number of rotatable bonds is 7. The number of amides is 1. The Morgan fingerprint density at radius 1 is 0.933 bits per heavy atom. The highest BCUT2D eigenvalue weighted by atomic mass is 16.5. The van der Waals surface area contributed by atoms with Crippen molar-refractivity contribution in [1.29, 1.82) is 0 Å². The number of pyridine rings is 2. The fourth-order valence-corrected chi connectivity index (χ4v) is 3.58. The second kappa shape index (κ2) is 9.87. The molecule has 0 bridgehead atoms. The molecule has 0 unspecified atom stereocenters. The lowest BCUT2D eigenvalue weighted by Gasteiger charge is -2.29. The molecule has 3 aromatic rings. The second-order valence-corrected chi connectivity index (χ2v) is 7.32. The standard InChI is InChI=1S/C24H26N4O2/c29-24(22-8-6-15-26-23(22)28-16-4-1-5-17-28)27-20-9-11-21(12-10-20)30-18-13-19-7-2-3-14-25-19/h2-3,6-12,14-15H,1,4-5,13,16-18H2,(H,27,29). The van der Waals surface area contributed by atoms with Gasteiger partial charge in [-0.2, -0.15) is 0 Å². The van der Waals surface area contributed by atoms with Gasteiger partial charge in [-0.1, -0.05) is 6.07 Å². The van der Waals surface area contributed by atoms with Gasteiger partial charge in [0.25, 0.3) is 5.91 Å². The van der Waals surface area contributed by atoms with E-state index in [2.05, 4.69) is 20.2 Å². The number of nitrogens with zero attached hydrogens (tertiary/aromatic N) is 3. The maximum atomic E-state index is 12.9. The van der Waals surface area contributed by atoms with Crippen LogP contribution in [-0.2, 0) is 6.42 Å². The molecule has 1 aliphatic rings. The minimum Gasteiger partial charge on any atom is -0.493 e. The van der Waals surface area contributed by atoms with Crippen LogP contribution in [0, 0.1) is 0 Å². The monoisotopic (exact) mass is 402 g/mol. The first-order valence-electron chi connectivity index (χ1n) is 10.4. The van der Waals surface area contributed by atoms with Crippen molar-refractivity contribution >= 4 is 17.4 Å². The molecule has 0 radical (unpaired) electrons. The summed E-state index contributed by atoms with van der Waals surface area (Å²) in [6.45, 7) is 2.45. The fourth-order valence-electron chi connectivity index (χ4n) is 3.58. The van der Waals surface area contributed by atoms with Crippen LogP contribution in [0.1, 0.15) is 35.3 Å². The number of piperidine rings is 1. The lowest BCUT2D eigenvalue weighted by atomic mass is 10.1. The molecular formula is C24H26N4O2. The zero-order chi connectivity index (χ0) is 20.6. The summed E-state index contributed by atoms with van der Waals surface area (Å²) >= 11 is 0. The summed E-state index contributed by atoms with van der Waals surface area (Å²) in [7, 11) is 0. The molecule has 1 fully saturated rings. The largest absolute Gasteiger partial charge is 0.493 e. The van der Waals surface area contributed by atoms with E-state index in [1.54, 1.807) is 18.5 Å². The van der Waals surface area contributed by atoms with Crippen LogP contribution in [0.25, 0.3) is 0 Å². The van der Waals surface area contributed by atoms with Crippen LogP contribution < -0.4 is 15.0 Å². The maximum Gasteiger partial charge on any atom is 0.259 e. The number of benzene rings is 1. The van der Waals surface area contributed by atoms with E-state index in [4.69, 9.17) is 4.74 Å². The highest BCUT2D eigenvalue weighted by molar-refractivity contribution is 6.07. The van der Waals surface area contributed by atoms with Gasteiger partial charge in [0, 0.05) is 43.3 Å². The number of carbonyl (C=O) groups is 1. The lowest BCUT2D eigenvalue weighted by molar-refractivity contribution is 0.102. The summed E-state index contributed by atoms with van der Waals surface area (Å²) in [5, 5.41) is 2.98. The zero-order valence-electron chi connectivity index (χ0n) is 17.0. The molecule has 30 heavy (non-hydrogen) atoms. The molecule has 154 valence electrons. The Balaban J connectivity index is 1.35. The van der Waals surface area contributed by atoms with Crippen LogP contribution in [0.5, 0.6) is 5.75 Å². The molecule has 1 aliphatic heterocycles. The SMILES string of the molecule is O=C(Nc1ccc(OCCc2ccccn2)cc1)c1cccnc1N1CCCCC1. The predicted molar refractivity (Wildman–Crippen MR) is 118 cm³/mol. The molecule has 6 heteroatoms. The summed E-state index contributed by atoms with van der Waals surface area (Å²) in [6.07, 6.45) is 7.79. The molecule has 0 saturated carbocycles. The van der Waals surface area contributed by atoms with Crippen LogP contribution in [0.2, 0.25) is 0 Å². The summed E-state index contributed by atoms with van der Waals surface area (Å²) in [5.41, 5.74) is 2.34. The van der Waals surface area contributed by atoms with Crippen molar-refractivity contribution in [2.75, 3.05) is 29.9 Å². The summed E-state index contributed by atoms with van der Waals surface area (Å²) in [4.78, 5) is 23.8. The van der Waals surface area contributed by atoms with Crippen molar-refractivity contribution in [3.63, 3.8) is 0 Å². The van der Waals surface area contributed by atoms with Crippen molar-refractivity contribution in [1.82, 2.24) is 9.97 Å². The molecule has 1 amide bonds. The average molecular weight is 402 g/mol. The minimum absolute atomic E-state index is 0.146. The van der Waals surface area contributed by atoms with Crippen molar-refractivity contribution in [3.05, 3.63) is 78.2 Å². The Hall–Kier alpha value is -3.41. The molecular weight excluding hydrogens is 376 g/mol. The van der Waals surface area contributed by atoms with E-state index < -0.39 is 0 Å². The molecule has 2 aromatic heterocycles. The van der Waals surface area contributed by atoms with Gasteiger partial charge in [0.1, 0.15) is 11.6 Å². The number of hydrogen-bond acceptors (Lipinski definition) is 5. The molecule has 0 atom stereocenters. The van der Waals surface area contributed by atoms with E-state index in [0.29, 0.717) is 12.2 Å². The van der Waals surface area contributed by atoms with Gasteiger partial charge < -0.3 is 15.0 Å². The van der Waals surface area contributed by atoms with Gasteiger partial charge in [0.05, 0.1) is 12.2 Å². The molecule has 0 aliphatic carbocycles. The van der Waals surface area contributed by atoms with Gasteiger partial charge in [0.15, 0.2) is 0 Å². The lowest BCUT2D eigenvalue weighted by Crippen LogP contribution is -2.32. The molecule has 3 heterocycles. The highest BCUT2D eigenvalue weighted by Crippen LogP contribution is 2.23. The number of anilines is 2. The fraction of sp³-hybridized carbons (Fsp3) is 0.292. The van der Waals surface area contributed by atoms with Crippen LogP contribution in [0.15, 0.2) is 67.0 Å². The normalized spacial score (nSPS) is 13.7. The van der Waals surface area contributed by atoms with Gasteiger partial charge >= 0.3 is 0 Å². The molecule has 1 saturated heterocycles. The first kappa shape index (κ1) is 19.9. The van der Waals surface area contributed by atoms with E-state index in [-0.39, 0.29) is 5.91 Å². The van der Waals surface area contributed by atoms with Crippen LogP contribution in [-0.4, -0.2) is 35.6 Å². The molecule has 4 rings (SSSR count). The van der Waals surface area contributed by atoms with Crippen LogP contribution >= 0.6 is 0 Å². The van der Waals surface area contributed by atoms with Gasteiger partial charge in [-0.05, 0) is 67.8 Å². The summed E-state index contributed by atoms with van der Waals surface area (Å²) in [6, 6.07) is 16.9. The maximum absolute atomic E-state index is 12.9. The molecule has 0 spiro atoms. The van der Waals surface area contributed by atoms with E-state index in [1.165, 1.54) is 6.42 Å².